The fourth-order valence-electron chi connectivity index (χ4n) is 2.54. The second-order valence-electron chi connectivity index (χ2n) is 5.09. The third-order valence-corrected chi connectivity index (χ3v) is 4.39. The molecule has 0 spiro atoms. The average molecular weight is 312 g/mol. The molecule has 4 atom stereocenters. The number of fused-ring (bicyclic) bond motifs is 1. The van der Waals surface area contributed by atoms with Crippen LogP contribution in [0, 0.1) is 0 Å². The van der Waals surface area contributed by atoms with Crippen LogP contribution in [-0.4, -0.2) is 65.5 Å². The van der Waals surface area contributed by atoms with E-state index in [0.717, 1.165) is 5.03 Å². The highest BCUT2D eigenvalue weighted by Gasteiger charge is 2.53. The van der Waals surface area contributed by atoms with Crippen molar-refractivity contribution in [3.05, 3.63) is 12.7 Å². The van der Waals surface area contributed by atoms with Gasteiger partial charge in [0.2, 0.25) is 0 Å². The number of aliphatic hydroxyl groups excluding tert-OH is 2. The molecule has 21 heavy (non-hydrogen) atoms. The Labute approximate surface area is 124 Å². The van der Waals surface area contributed by atoms with E-state index < -0.39 is 24.0 Å². The third-order valence-electron chi connectivity index (χ3n) is 3.71. The van der Waals surface area contributed by atoms with Gasteiger partial charge in [0.25, 0.3) is 0 Å². The molecule has 2 aromatic heterocycles. The highest BCUT2D eigenvalue weighted by Crippen LogP contribution is 2.39. The van der Waals surface area contributed by atoms with Gasteiger partial charge in [0.05, 0.1) is 12.9 Å². The van der Waals surface area contributed by atoms with Gasteiger partial charge in [-0.25, -0.2) is 15.0 Å². The molecule has 0 amide bonds. The zero-order valence-electron chi connectivity index (χ0n) is 11.5. The van der Waals surface area contributed by atoms with E-state index >= 15 is 0 Å². The quantitative estimate of drug-likeness (QED) is 0.516. The molecule has 1 saturated heterocycles. The van der Waals surface area contributed by atoms with E-state index in [4.69, 9.17) is 4.74 Å². The zero-order chi connectivity index (χ0) is 15.2. The molecule has 1 aliphatic heterocycles. The first kappa shape index (κ1) is 14.7. The van der Waals surface area contributed by atoms with Gasteiger partial charge in [0.15, 0.2) is 11.9 Å². The number of thioether (sulfide) groups is 1. The molecule has 2 aromatic rings. The van der Waals surface area contributed by atoms with Gasteiger partial charge in [0, 0.05) is 0 Å². The van der Waals surface area contributed by atoms with E-state index in [1.807, 2.05) is 6.26 Å². The minimum Gasteiger partial charge on any atom is -0.394 e. The molecule has 1 fully saturated rings. The first-order chi connectivity index (χ1) is 10.0. The summed E-state index contributed by atoms with van der Waals surface area (Å²) in [5.74, 6) is 0. The van der Waals surface area contributed by atoms with E-state index in [0.29, 0.717) is 11.2 Å². The van der Waals surface area contributed by atoms with Crippen LogP contribution in [0.5, 0.6) is 0 Å². The molecule has 3 heterocycles. The summed E-state index contributed by atoms with van der Waals surface area (Å²) in [7, 11) is 0. The largest absolute Gasteiger partial charge is 0.394 e. The van der Waals surface area contributed by atoms with Crippen LogP contribution in [0.25, 0.3) is 11.2 Å². The fourth-order valence-corrected chi connectivity index (χ4v) is 3.03. The Morgan fingerprint density at radius 2 is 2.19 bits per heavy atom. The summed E-state index contributed by atoms with van der Waals surface area (Å²) >= 11 is 1.44. The lowest BCUT2D eigenvalue weighted by Gasteiger charge is -2.27. The molecule has 8 nitrogen and oxygen atoms in total. The van der Waals surface area contributed by atoms with Crippen molar-refractivity contribution in [2.24, 2.45) is 0 Å². The monoisotopic (exact) mass is 312 g/mol. The minimum absolute atomic E-state index is 0.383. The van der Waals surface area contributed by atoms with Crippen molar-refractivity contribution in [1.29, 1.82) is 0 Å². The topological polar surface area (TPSA) is 114 Å². The lowest BCUT2D eigenvalue weighted by atomic mass is 9.96. The molecule has 0 radical (unpaired) electrons. The Morgan fingerprint density at radius 3 is 2.81 bits per heavy atom. The summed E-state index contributed by atoms with van der Waals surface area (Å²) < 4.78 is 7.12. The summed E-state index contributed by atoms with van der Waals surface area (Å²) in [6, 6.07) is 0. The van der Waals surface area contributed by atoms with Crippen molar-refractivity contribution >= 4 is 22.9 Å². The van der Waals surface area contributed by atoms with Crippen LogP contribution in [0.3, 0.4) is 0 Å². The first-order valence-corrected chi connectivity index (χ1v) is 7.61. The molecule has 0 aromatic carbocycles. The smallest absolute Gasteiger partial charge is 0.168 e. The zero-order valence-corrected chi connectivity index (χ0v) is 12.4. The van der Waals surface area contributed by atoms with E-state index in [1.54, 1.807) is 4.57 Å². The number of nitrogens with zero attached hydrogens (tertiary/aromatic N) is 4. The minimum atomic E-state index is -1.56. The van der Waals surface area contributed by atoms with Crippen molar-refractivity contribution < 1.29 is 20.1 Å². The summed E-state index contributed by atoms with van der Waals surface area (Å²) in [6.07, 6.45) is 1.84. The summed E-state index contributed by atoms with van der Waals surface area (Å²) in [5, 5.41) is 30.5. The maximum Gasteiger partial charge on any atom is 0.168 e. The number of ether oxygens (including phenoxy) is 1. The molecule has 3 N–H and O–H groups in total. The Balaban J connectivity index is 2.09. The summed E-state index contributed by atoms with van der Waals surface area (Å²) in [6.45, 7) is 1.08. The first-order valence-electron chi connectivity index (χ1n) is 6.39. The molecule has 114 valence electrons. The summed E-state index contributed by atoms with van der Waals surface area (Å²) in [4.78, 5) is 12.6. The predicted molar refractivity (Wildman–Crippen MR) is 74.7 cm³/mol. The molecular formula is C12H16N4O4S. The average Bonchev–Trinajstić information content (AvgIpc) is 2.99. The highest BCUT2D eigenvalue weighted by atomic mass is 32.2. The molecular weight excluding hydrogens is 296 g/mol. The Bertz CT molecular complexity index is 662. The Kier molecular flexibility index (Phi) is 3.62. The molecule has 0 bridgehead atoms. The van der Waals surface area contributed by atoms with E-state index in [-0.39, 0.29) is 6.61 Å². The van der Waals surface area contributed by atoms with Crippen LogP contribution < -0.4 is 0 Å². The van der Waals surface area contributed by atoms with E-state index in [2.05, 4.69) is 15.0 Å². The second-order valence-corrected chi connectivity index (χ2v) is 5.88. The Morgan fingerprint density at radius 1 is 1.43 bits per heavy atom. The molecule has 3 unspecified atom stereocenters. The fraction of sp³-hybridized carbons (Fsp3) is 0.583. The van der Waals surface area contributed by atoms with Crippen LogP contribution in [0.2, 0.25) is 0 Å². The maximum absolute atomic E-state index is 10.5. The Hall–Kier alpha value is -1.26. The van der Waals surface area contributed by atoms with Gasteiger partial charge in [-0.1, -0.05) is 0 Å². The van der Waals surface area contributed by atoms with Gasteiger partial charge in [-0.3, -0.25) is 4.57 Å². The van der Waals surface area contributed by atoms with Gasteiger partial charge >= 0.3 is 0 Å². The highest BCUT2D eigenvalue weighted by molar-refractivity contribution is 7.98. The van der Waals surface area contributed by atoms with E-state index in [9.17, 15) is 15.3 Å². The number of aliphatic hydroxyl groups is 3. The third kappa shape index (κ3) is 2.12. The van der Waals surface area contributed by atoms with Crippen LogP contribution in [0.4, 0.5) is 0 Å². The number of hydrogen-bond acceptors (Lipinski definition) is 8. The van der Waals surface area contributed by atoms with Crippen molar-refractivity contribution in [2.45, 2.75) is 36.0 Å². The standard InChI is InChI=1S/C12H16N4O4S/c1-12(19)8(18)6(3-17)20-11(12)16-5-15-7-9(16)13-4-14-10(7)21-2/h4-6,8,11,17-19H,3H2,1-2H3/t6?,8?,11?,12-/m1/s1. The van der Waals surface area contributed by atoms with Gasteiger partial charge in [0.1, 0.15) is 34.7 Å². The van der Waals surface area contributed by atoms with Crippen molar-refractivity contribution in [1.82, 2.24) is 19.5 Å². The lowest BCUT2D eigenvalue weighted by Crippen LogP contribution is -2.44. The number of rotatable bonds is 3. The van der Waals surface area contributed by atoms with Crippen LogP contribution >= 0.6 is 11.8 Å². The number of aromatic nitrogens is 4. The van der Waals surface area contributed by atoms with Crippen molar-refractivity contribution in [2.75, 3.05) is 12.9 Å². The van der Waals surface area contributed by atoms with Crippen LogP contribution in [0.1, 0.15) is 13.2 Å². The predicted octanol–water partition coefficient (Wildman–Crippen LogP) is -0.450. The van der Waals surface area contributed by atoms with Gasteiger partial charge in [-0.2, -0.15) is 0 Å². The molecule has 1 aliphatic rings. The molecule has 9 heteroatoms. The molecule has 0 aliphatic carbocycles. The summed E-state index contributed by atoms with van der Waals surface area (Å²) in [5.41, 5.74) is -0.456. The normalized spacial score (nSPS) is 32.9. The SMILES string of the molecule is CSc1ncnc2c1ncn2C1OC(CO)C(O)[C@@]1(C)O. The lowest BCUT2D eigenvalue weighted by molar-refractivity contribution is -0.0950. The number of hydrogen-bond donors (Lipinski definition) is 3. The maximum atomic E-state index is 10.5. The van der Waals surface area contributed by atoms with Crippen LogP contribution in [0.15, 0.2) is 17.7 Å². The van der Waals surface area contributed by atoms with Crippen molar-refractivity contribution in [3.63, 3.8) is 0 Å². The van der Waals surface area contributed by atoms with Gasteiger partial charge in [-0.05, 0) is 13.2 Å². The molecule has 0 saturated carbocycles. The van der Waals surface area contributed by atoms with Crippen molar-refractivity contribution in [3.8, 4) is 0 Å². The van der Waals surface area contributed by atoms with E-state index in [1.165, 1.54) is 31.3 Å². The molecule has 3 rings (SSSR count). The van der Waals surface area contributed by atoms with Gasteiger partial charge in [-0.15, -0.1) is 11.8 Å². The van der Waals surface area contributed by atoms with Gasteiger partial charge < -0.3 is 20.1 Å². The second kappa shape index (κ2) is 5.18. The number of imidazole rings is 1. The van der Waals surface area contributed by atoms with Crippen LogP contribution in [-0.2, 0) is 4.74 Å².